The molecule has 0 amide bonds. The Kier molecular flexibility index (Phi) is 6.01. The molecular formula is C29H24O3S. The number of ether oxygens (including phenoxy) is 3. The standard InChI is InChI=1S/C29H24O3S/c1-30-23-13-11-21(12-14-23)29-28(26-16-15-24(31-2)18-27(26)33-29)22-9-6-10-25(17-22)32-19-20-7-4-3-5-8-20/h3-18H,19H2,1-2H3. The van der Waals surface area contributed by atoms with Gasteiger partial charge in [-0.2, -0.15) is 0 Å². The summed E-state index contributed by atoms with van der Waals surface area (Å²) >= 11 is 1.77. The lowest BCUT2D eigenvalue weighted by Gasteiger charge is -2.10. The Balaban J connectivity index is 1.58. The second-order valence-electron chi connectivity index (χ2n) is 7.70. The fraction of sp³-hybridized carbons (Fsp3) is 0.103. The average Bonchev–Trinajstić information content (AvgIpc) is 3.27. The van der Waals surface area contributed by atoms with Crippen LogP contribution in [0.25, 0.3) is 31.7 Å². The monoisotopic (exact) mass is 452 g/mol. The third-order valence-electron chi connectivity index (χ3n) is 5.62. The first kappa shape index (κ1) is 21.1. The summed E-state index contributed by atoms with van der Waals surface area (Å²) in [6, 6.07) is 33.1. The maximum Gasteiger partial charge on any atom is 0.120 e. The van der Waals surface area contributed by atoms with Crippen LogP contribution in [-0.2, 0) is 6.61 Å². The number of methoxy groups -OCH3 is 2. The fourth-order valence-corrected chi connectivity index (χ4v) is 5.18. The van der Waals surface area contributed by atoms with Crippen LogP contribution in [0.4, 0.5) is 0 Å². The molecule has 164 valence electrons. The van der Waals surface area contributed by atoms with Crippen LogP contribution in [0.3, 0.4) is 0 Å². The van der Waals surface area contributed by atoms with Crippen molar-refractivity contribution in [2.75, 3.05) is 14.2 Å². The molecular weight excluding hydrogens is 428 g/mol. The molecule has 0 unspecified atom stereocenters. The van der Waals surface area contributed by atoms with Crippen molar-refractivity contribution in [3.63, 3.8) is 0 Å². The predicted octanol–water partition coefficient (Wildman–Crippen LogP) is 7.83. The van der Waals surface area contributed by atoms with Crippen LogP contribution < -0.4 is 14.2 Å². The quantitative estimate of drug-likeness (QED) is 0.252. The van der Waals surface area contributed by atoms with Crippen molar-refractivity contribution in [1.29, 1.82) is 0 Å². The molecule has 0 aliphatic rings. The molecule has 0 saturated heterocycles. The molecule has 0 aliphatic heterocycles. The van der Waals surface area contributed by atoms with Gasteiger partial charge in [-0.3, -0.25) is 0 Å². The van der Waals surface area contributed by atoms with E-state index in [0.29, 0.717) is 6.61 Å². The average molecular weight is 453 g/mol. The minimum absolute atomic E-state index is 0.539. The van der Waals surface area contributed by atoms with Gasteiger partial charge in [0.1, 0.15) is 23.9 Å². The second kappa shape index (κ2) is 9.39. The zero-order valence-corrected chi connectivity index (χ0v) is 19.4. The van der Waals surface area contributed by atoms with Crippen molar-refractivity contribution in [1.82, 2.24) is 0 Å². The Morgan fingerprint density at radius 2 is 1.39 bits per heavy atom. The summed E-state index contributed by atoms with van der Waals surface area (Å²) < 4.78 is 18.1. The van der Waals surface area contributed by atoms with E-state index < -0.39 is 0 Å². The van der Waals surface area contributed by atoms with Gasteiger partial charge in [-0.05, 0) is 71.3 Å². The van der Waals surface area contributed by atoms with Gasteiger partial charge >= 0.3 is 0 Å². The molecule has 0 N–H and O–H groups in total. The van der Waals surface area contributed by atoms with E-state index in [9.17, 15) is 0 Å². The molecule has 3 nitrogen and oxygen atoms in total. The number of fused-ring (bicyclic) bond motifs is 1. The Labute approximate surface area is 197 Å². The highest BCUT2D eigenvalue weighted by Crippen LogP contribution is 2.46. The topological polar surface area (TPSA) is 27.7 Å². The summed E-state index contributed by atoms with van der Waals surface area (Å²) in [6.07, 6.45) is 0. The lowest BCUT2D eigenvalue weighted by atomic mass is 9.98. The Hall–Kier alpha value is -3.76. The van der Waals surface area contributed by atoms with E-state index in [4.69, 9.17) is 14.2 Å². The Morgan fingerprint density at radius 3 is 2.15 bits per heavy atom. The van der Waals surface area contributed by atoms with Crippen LogP contribution >= 0.6 is 11.3 Å². The third kappa shape index (κ3) is 4.43. The van der Waals surface area contributed by atoms with E-state index in [0.717, 1.165) is 33.9 Å². The van der Waals surface area contributed by atoms with Crippen molar-refractivity contribution in [2.45, 2.75) is 6.61 Å². The zero-order chi connectivity index (χ0) is 22.6. The molecule has 1 heterocycles. The second-order valence-corrected chi connectivity index (χ2v) is 8.75. The van der Waals surface area contributed by atoms with Crippen molar-refractivity contribution < 1.29 is 14.2 Å². The molecule has 0 radical (unpaired) electrons. The van der Waals surface area contributed by atoms with E-state index in [2.05, 4.69) is 54.6 Å². The third-order valence-corrected chi connectivity index (χ3v) is 6.82. The molecule has 0 bridgehead atoms. The molecule has 0 spiro atoms. The molecule has 0 fully saturated rings. The van der Waals surface area contributed by atoms with Gasteiger partial charge in [0, 0.05) is 20.5 Å². The Morgan fingerprint density at radius 1 is 0.636 bits per heavy atom. The van der Waals surface area contributed by atoms with E-state index >= 15 is 0 Å². The molecule has 4 heteroatoms. The van der Waals surface area contributed by atoms with Crippen LogP contribution in [0.2, 0.25) is 0 Å². The van der Waals surface area contributed by atoms with Crippen LogP contribution in [-0.4, -0.2) is 14.2 Å². The zero-order valence-electron chi connectivity index (χ0n) is 18.6. The maximum absolute atomic E-state index is 6.12. The van der Waals surface area contributed by atoms with Gasteiger partial charge < -0.3 is 14.2 Å². The maximum atomic E-state index is 6.12. The minimum Gasteiger partial charge on any atom is -0.497 e. The van der Waals surface area contributed by atoms with Crippen LogP contribution in [0.15, 0.2) is 97.1 Å². The number of rotatable bonds is 7. The summed E-state index contributed by atoms with van der Waals surface area (Å²) in [5.74, 6) is 2.56. The van der Waals surface area contributed by atoms with Gasteiger partial charge in [-0.15, -0.1) is 11.3 Å². The number of hydrogen-bond acceptors (Lipinski definition) is 4. The van der Waals surface area contributed by atoms with Crippen molar-refractivity contribution in [2.24, 2.45) is 0 Å². The molecule has 0 saturated carbocycles. The van der Waals surface area contributed by atoms with Crippen molar-refractivity contribution >= 4 is 21.4 Å². The van der Waals surface area contributed by atoms with E-state index in [1.807, 2.05) is 42.5 Å². The predicted molar refractivity (Wildman–Crippen MR) is 137 cm³/mol. The highest BCUT2D eigenvalue weighted by Gasteiger charge is 2.17. The highest BCUT2D eigenvalue weighted by molar-refractivity contribution is 7.23. The Bertz CT molecular complexity index is 1370. The van der Waals surface area contributed by atoms with E-state index in [-0.39, 0.29) is 0 Å². The summed E-state index contributed by atoms with van der Waals surface area (Å²) in [5.41, 5.74) is 4.63. The van der Waals surface area contributed by atoms with Gasteiger partial charge in [0.25, 0.3) is 0 Å². The van der Waals surface area contributed by atoms with Gasteiger partial charge in [0.15, 0.2) is 0 Å². The van der Waals surface area contributed by atoms with Crippen LogP contribution in [0, 0.1) is 0 Å². The molecule has 0 atom stereocenters. The normalized spacial score (nSPS) is 10.8. The largest absolute Gasteiger partial charge is 0.497 e. The molecule has 0 aliphatic carbocycles. The van der Waals surface area contributed by atoms with Gasteiger partial charge in [-0.1, -0.05) is 42.5 Å². The SMILES string of the molecule is COc1ccc(-c2sc3cc(OC)ccc3c2-c2cccc(OCc3ccccc3)c2)cc1. The first-order chi connectivity index (χ1) is 16.2. The van der Waals surface area contributed by atoms with Crippen LogP contribution in [0.1, 0.15) is 5.56 Å². The number of thiophene rings is 1. The van der Waals surface area contributed by atoms with Crippen molar-refractivity contribution in [3.8, 4) is 38.8 Å². The van der Waals surface area contributed by atoms with Gasteiger partial charge in [-0.25, -0.2) is 0 Å². The lowest BCUT2D eigenvalue weighted by Crippen LogP contribution is -1.95. The molecule has 4 aromatic carbocycles. The van der Waals surface area contributed by atoms with Crippen molar-refractivity contribution in [3.05, 3.63) is 103 Å². The minimum atomic E-state index is 0.539. The smallest absolute Gasteiger partial charge is 0.120 e. The first-order valence-electron chi connectivity index (χ1n) is 10.8. The summed E-state index contributed by atoms with van der Waals surface area (Å²) in [4.78, 5) is 1.21. The highest BCUT2D eigenvalue weighted by atomic mass is 32.1. The number of hydrogen-bond donors (Lipinski definition) is 0. The fourth-order valence-electron chi connectivity index (χ4n) is 3.92. The van der Waals surface area contributed by atoms with Gasteiger partial charge in [0.05, 0.1) is 14.2 Å². The van der Waals surface area contributed by atoms with E-state index in [1.165, 1.54) is 20.5 Å². The molecule has 5 rings (SSSR count). The van der Waals surface area contributed by atoms with E-state index in [1.54, 1.807) is 25.6 Å². The summed E-state index contributed by atoms with van der Waals surface area (Å²) in [7, 11) is 3.39. The molecule has 33 heavy (non-hydrogen) atoms. The molecule has 5 aromatic rings. The summed E-state index contributed by atoms with van der Waals surface area (Å²) in [5, 5.41) is 1.20. The summed E-state index contributed by atoms with van der Waals surface area (Å²) in [6.45, 7) is 0.539. The van der Waals surface area contributed by atoms with Gasteiger partial charge in [0.2, 0.25) is 0 Å². The van der Waals surface area contributed by atoms with Crippen LogP contribution in [0.5, 0.6) is 17.2 Å². The lowest BCUT2D eigenvalue weighted by molar-refractivity contribution is 0.306. The first-order valence-corrected chi connectivity index (χ1v) is 11.6. The number of benzene rings is 4. The molecule has 1 aromatic heterocycles.